The van der Waals surface area contributed by atoms with Crippen molar-refractivity contribution in [1.29, 1.82) is 0 Å². The van der Waals surface area contributed by atoms with Gasteiger partial charge in [0.1, 0.15) is 5.75 Å². The Morgan fingerprint density at radius 3 is 2.54 bits per heavy atom. The summed E-state index contributed by atoms with van der Waals surface area (Å²) < 4.78 is 11.3. The van der Waals surface area contributed by atoms with Gasteiger partial charge in [-0.25, -0.2) is 0 Å². The Morgan fingerprint density at radius 1 is 1.14 bits per heavy atom. The molecule has 6 heteroatoms. The second-order valence-electron chi connectivity index (χ2n) is 7.65. The van der Waals surface area contributed by atoms with Crippen LogP contribution in [-0.4, -0.2) is 37.7 Å². The van der Waals surface area contributed by atoms with Crippen molar-refractivity contribution >= 4 is 11.9 Å². The molecule has 0 atom stereocenters. The molecule has 6 nitrogen and oxygen atoms in total. The lowest BCUT2D eigenvalue weighted by Gasteiger charge is -2.29. The van der Waals surface area contributed by atoms with Crippen LogP contribution in [0.4, 0.5) is 0 Å². The fourth-order valence-corrected chi connectivity index (χ4v) is 3.73. The van der Waals surface area contributed by atoms with E-state index in [-0.39, 0.29) is 11.9 Å². The van der Waals surface area contributed by atoms with Gasteiger partial charge in [0.15, 0.2) is 5.96 Å². The van der Waals surface area contributed by atoms with Gasteiger partial charge in [0.05, 0.1) is 18.6 Å². The summed E-state index contributed by atoms with van der Waals surface area (Å²) in [6.07, 6.45) is 7.57. The maximum Gasteiger partial charge on any atom is 0.308 e. The van der Waals surface area contributed by atoms with Gasteiger partial charge in [0.25, 0.3) is 0 Å². The number of hydrogen-bond donors (Lipinski definition) is 2. The number of ether oxygens (including phenoxy) is 2. The highest BCUT2D eigenvalue weighted by atomic mass is 16.5. The molecular weight excluding hydrogens is 354 g/mol. The van der Waals surface area contributed by atoms with Crippen LogP contribution in [-0.2, 0) is 16.1 Å². The topological polar surface area (TPSA) is 72.0 Å². The van der Waals surface area contributed by atoms with E-state index in [2.05, 4.69) is 21.7 Å². The van der Waals surface area contributed by atoms with Crippen molar-refractivity contribution < 1.29 is 14.3 Å². The number of aliphatic imine (C=N–C) groups is 1. The minimum atomic E-state index is -0.0495. The van der Waals surface area contributed by atoms with Crippen LogP contribution in [0, 0.1) is 5.92 Å². The normalized spacial score (nSPS) is 22.9. The molecule has 1 aromatic rings. The summed E-state index contributed by atoms with van der Waals surface area (Å²) in [6, 6.07) is 8.53. The van der Waals surface area contributed by atoms with Gasteiger partial charge in [0.2, 0.25) is 0 Å². The first-order valence-corrected chi connectivity index (χ1v) is 10.6. The standard InChI is InChI=1S/C22H33N3O3/c1-3-27-21(26)16-11-13-18(14-12-16)25-22(23-2)24-15-17-7-4-5-10-20(17)28-19-8-6-9-19/h4-5,7,10,16,18-19H,3,6,8-9,11-15H2,1-2H3,(H2,23,24,25). The molecule has 2 aliphatic rings. The lowest BCUT2D eigenvalue weighted by Crippen LogP contribution is -2.45. The molecular formula is C22H33N3O3. The third-order valence-corrected chi connectivity index (χ3v) is 5.68. The quantitative estimate of drug-likeness (QED) is 0.426. The number of nitrogens with one attached hydrogen (secondary N) is 2. The second kappa shape index (κ2) is 10.3. The van der Waals surface area contributed by atoms with Gasteiger partial charge < -0.3 is 20.1 Å². The van der Waals surface area contributed by atoms with Gasteiger partial charge >= 0.3 is 5.97 Å². The van der Waals surface area contributed by atoms with E-state index in [1.165, 1.54) is 6.42 Å². The van der Waals surface area contributed by atoms with Crippen LogP contribution in [0.2, 0.25) is 0 Å². The van der Waals surface area contributed by atoms with E-state index in [9.17, 15) is 4.79 Å². The van der Waals surface area contributed by atoms with Crippen LogP contribution < -0.4 is 15.4 Å². The number of carbonyl (C=O) groups is 1. The first-order valence-electron chi connectivity index (χ1n) is 10.6. The van der Waals surface area contributed by atoms with Gasteiger partial charge in [-0.2, -0.15) is 0 Å². The Bertz CT molecular complexity index is 665. The minimum absolute atomic E-state index is 0.0449. The van der Waals surface area contributed by atoms with Crippen LogP contribution >= 0.6 is 0 Å². The van der Waals surface area contributed by atoms with Crippen molar-refractivity contribution in [2.75, 3.05) is 13.7 Å². The van der Waals surface area contributed by atoms with E-state index >= 15 is 0 Å². The largest absolute Gasteiger partial charge is 0.490 e. The van der Waals surface area contributed by atoms with Crippen LogP contribution in [0.3, 0.4) is 0 Å². The summed E-state index contributed by atoms with van der Waals surface area (Å²) >= 11 is 0. The lowest BCUT2D eigenvalue weighted by atomic mass is 9.86. The predicted octanol–water partition coefficient (Wildman–Crippen LogP) is 3.40. The van der Waals surface area contributed by atoms with Crippen LogP contribution in [0.15, 0.2) is 29.3 Å². The number of carbonyl (C=O) groups excluding carboxylic acids is 1. The molecule has 3 rings (SSSR count). The molecule has 154 valence electrons. The van der Waals surface area contributed by atoms with Crippen LogP contribution in [0.1, 0.15) is 57.4 Å². The van der Waals surface area contributed by atoms with Crippen molar-refractivity contribution in [3.8, 4) is 5.75 Å². The molecule has 2 N–H and O–H groups in total. The molecule has 0 bridgehead atoms. The fourth-order valence-electron chi connectivity index (χ4n) is 3.73. The Hall–Kier alpha value is -2.24. The van der Waals surface area contributed by atoms with Crippen molar-refractivity contribution in [2.45, 2.75) is 70.6 Å². The maximum atomic E-state index is 11.9. The van der Waals surface area contributed by atoms with Gasteiger partial charge in [-0.15, -0.1) is 0 Å². The summed E-state index contributed by atoms with van der Waals surface area (Å²) in [5.41, 5.74) is 1.14. The van der Waals surface area contributed by atoms with E-state index in [1.807, 2.05) is 25.1 Å². The average Bonchev–Trinajstić information content (AvgIpc) is 2.69. The first-order chi connectivity index (χ1) is 13.7. The third-order valence-electron chi connectivity index (χ3n) is 5.68. The number of para-hydroxylation sites is 1. The Kier molecular flexibility index (Phi) is 7.57. The molecule has 0 radical (unpaired) electrons. The molecule has 0 spiro atoms. The summed E-state index contributed by atoms with van der Waals surface area (Å²) in [7, 11) is 1.79. The summed E-state index contributed by atoms with van der Waals surface area (Å²) in [6.45, 7) is 2.98. The van der Waals surface area contributed by atoms with Crippen LogP contribution in [0.5, 0.6) is 5.75 Å². The molecule has 0 saturated heterocycles. The van der Waals surface area contributed by atoms with E-state index in [1.54, 1.807) is 7.05 Å². The molecule has 0 amide bonds. The molecule has 28 heavy (non-hydrogen) atoms. The van der Waals surface area contributed by atoms with E-state index < -0.39 is 0 Å². The fraction of sp³-hybridized carbons (Fsp3) is 0.636. The summed E-state index contributed by atoms with van der Waals surface area (Å²) in [5.74, 6) is 1.75. The van der Waals surface area contributed by atoms with Crippen molar-refractivity contribution in [2.24, 2.45) is 10.9 Å². The smallest absolute Gasteiger partial charge is 0.308 e. The molecule has 0 heterocycles. The number of hydrogen-bond acceptors (Lipinski definition) is 4. The maximum absolute atomic E-state index is 11.9. The summed E-state index contributed by atoms with van der Waals surface area (Å²) in [4.78, 5) is 16.2. The Morgan fingerprint density at radius 2 is 1.89 bits per heavy atom. The SMILES string of the molecule is CCOC(=O)C1CCC(NC(=NC)NCc2ccccc2OC2CCC2)CC1. The first kappa shape index (κ1) is 20.5. The molecule has 0 aromatic heterocycles. The molecule has 0 unspecified atom stereocenters. The van der Waals surface area contributed by atoms with Crippen LogP contribution in [0.25, 0.3) is 0 Å². The molecule has 2 fully saturated rings. The van der Waals surface area contributed by atoms with Gasteiger partial charge in [0, 0.05) is 25.2 Å². The number of benzene rings is 1. The third kappa shape index (κ3) is 5.63. The minimum Gasteiger partial charge on any atom is -0.490 e. The number of nitrogens with zero attached hydrogens (tertiary/aromatic N) is 1. The predicted molar refractivity (Wildman–Crippen MR) is 110 cm³/mol. The van der Waals surface area contributed by atoms with E-state index in [4.69, 9.17) is 9.47 Å². The van der Waals surface area contributed by atoms with E-state index in [0.29, 0.717) is 25.3 Å². The van der Waals surface area contributed by atoms with Gasteiger partial charge in [-0.1, -0.05) is 18.2 Å². The lowest BCUT2D eigenvalue weighted by molar-refractivity contribution is -0.149. The monoisotopic (exact) mass is 387 g/mol. The zero-order valence-corrected chi connectivity index (χ0v) is 17.1. The number of guanidine groups is 1. The van der Waals surface area contributed by atoms with Crippen molar-refractivity contribution in [3.63, 3.8) is 0 Å². The highest BCUT2D eigenvalue weighted by molar-refractivity contribution is 5.80. The van der Waals surface area contributed by atoms with Gasteiger partial charge in [-0.05, 0) is 57.9 Å². The molecule has 1 aromatic carbocycles. The Balaban J connectivity index is 1.46. The highest BCUT2D eigenvalue weighted by Gasteiger charge is 2.27. The second-order valence-corrected chi connectivity index (χ2v) is 7.65. The van der Waals surface area contributed by atoms with Gasteiger partial charge in [-0.3, -0.25) is 9.79 Å². The van der Waals surface area contributed by atoms with E-state index in [0.717, 1.165) is 55.8 Å². The van der Waals surface area contributed by atoms with Crippen molar-refractivity contribution in [3.05, 3.63) is 29.8 Å². The zero-order valence-electron chi connectivity index (χ0n) is 17.1. The van der Waals surface area contributed by atoms with Crippen molar-refractivity contribution in [1.82, 2.24) is 10.6 Å². The summed E-state index contributed by atoms with van der Waals surface area (Å²) in [5, 5.41) is 6.90. The number of rotatable bonds is 7. The number of esters is 1. The zero-order chi connectivity index (χ0) is 19.8. The average molecular weight is 388 g/mol. The highest BCUT2D eigenvalue weighted by Crippen LogP contribution is 2.28. The molecule has 2 aliphatic carbocycles. The Labute approximate surface area is 168 Å². The molecule has 2 saturated carbocycles. The molecule has 0 aliphatic heterocycles.